The number of hydrogen-bond donors (Lipinski definition) is 0. The molecule has 1 heterocycles. The lowest BCUT2D eigenvalue weighted by molar-refractivity contribution is 0.412. The maximum absolute atomic E-state index is 6.64. The molecule has 0 spiro atoms. The van der Waals surface area contributed by atoms with E-state index >= 15 is 0 Å². The third kappa shape index (κ3) is 4.87. The van der Waals surface area contributed by atoms with Crippen LogP contribution in [0.5, 0.6) is 5.75 Å². The van der Waals surface area contributed by atoms with E-state index in [0.717, 1.165) is 33.5 Å². The van der Waals surface area contributed by atoms with Crippen molar-refractivity contribution >= 4 is 22.9 Å². The first-order valence-corrected chi connectivity index (χ1v) is 12.4. The van der Waals surface area contributed by atoms with E-state index in [1.165, 1.54) is 35.3 Å². The molecule has 0 aliphatic heterocycles. The third-order valence-electron chi connectivity index (χ3n) is 6.48. The second-order valence-corrected chi connectivity index (χ2v) is 10.6. The summed E-state index contributed by atoms with van der Waals surface area (Å²) in [6, 6.07) is 12.9. The SMILES string of the molecule is C#CCC(c1nc(-c2cc(C)c(OC)cc2Cl)c(C)s1)[C@@H](CC1CC1)c1ccc(C)cc1. The second kappa shape index (κ2) is 9.69. The number of benzene rings is 2. The van der Waals surface area contributed by atoms with E-state index in [4.69, 9.17) is 27.7 Å². The molecule has 2 aromatic carbocycles. The van der Waals surface area contributed by atoms with Crippen LogP contribution in [-0.2, 0) is 0 Å². The number of hydrogen-bond acceptors (Lipinski definition) is 3. The van der Waals surface area contributed by atoms with Gasteiger partial charge in [-0.2, -0.15) is 0 Å². The largest absolute Gasteiger partial charge is 0.496 e. The Morgan fingerprint density at radius 1 is 1.16 bits per heavy atom. The van der Waals surface area contributed by atoms with Crippen LogP contribution in [0.4, 0.5) is 0 Å². The van der Waals surface area contributed by atoms with Crippen molar-refractivity contribution in [1.29, 1.82) is 0 Å². The first-order valence-electron chi connectivity index (χ1n) is 11.2. The molecule has 1 saturated carbocycles. The highest BCUT2D eigenvalue weighted by atomic mass is 35.5. The summed E-state index contributed by atoms with van der Waals surface area (Å²) in [4.78, 5) is 6.31. The van der Waals surface area contributed by atoms with Crippen molar-refractivity contribution in [3.8, 4) is 29.4 Å². The van der Waals surface area contributed by atoms with Gasteiger partial charge in [-0.3, -0.25) is 0 Å². The topological polar surface area (TPSA) is 22.1 Å². The Kier molecular flexibility index (Phi) is 6.93. The summed E-state index contributed by atoms with van der Waals surface area (Å²) in [6.45, 7) is 6.29. The lowest BCUT2D eigenvalue weighted by atomic mass is 9.80. The first kappa shape index (κ1) is 22.9. The lowest BCUT2D eigenvalue weighted by Gasteiger charge is -2.25. The zero-order valence-corrected chi connectivity index (χ0v) is 20.8. The van der Waals surface area contributed by atoms with Gasteiger partial charge in [-0.1, -0.05) is 54.3 Å². The van der Waals surface area contributed by atoms with Crippen molar-refractivity contribution in [2.24, 2.45) is 5.92 Å². The molecule has 0 amide bonds. The van der Waals surface area contributed by atoms with Crippen molar-refractivity contribution in [3.63, 3.8) is 0 Å². The van der Waals surface area contributed by atoms with E-state index < -0.39 is 0 Å². The van der Waals surface area contributed by atoms with Gasteiger partial charge >= 0.3 is 0 Å². The predicted molar refractivity (Wildman–Crippen MR) is 136 cm³/mol. The number of halogens is 1. The molecule has 1 aliphatic carbocycles. The minimum Gasteiger partial charge on any atom is -0.496 e. The number of aromatic nitrogens is 1. The van der Waals surface area contributed by atoms with Gasteiger partial charge in [0.25, 0.3) is 0 Å². The normalized spacial score (nSPS) is 15.2. The van der Waals surface area contributed by atoms with Crippen LogP contribution in [0, 0.1) is 39.0 Å². The van der Waals surface area contributed by atoms with Gasteiger partial charge in [0.15, 0.2) is 0 Å². The molecular formula is C28H30ClNOS. The minimum atomic E-state index is 0.207. The lowest BCUT2D eigenvalue weighted by Crippen LogP contribution is -2.12. The molecular weight excluding hydrogens is 434 g/mol. The maximum Gasteiger partial charge on any atom is 0.123 e. The van der Waals surface area contributed by atoms with E-state index in [1.807, 2.05) is 13.0 Å². The Labute approximate surface area is 201 Å². The molecule has 1 aromatic heterocycles. The van der Waals surface area contributed by atoms with Gasteiger partial charge < -0.3 is 4.74 Å². The number of nitrogens with zero attached hydrogens (tertiary/aromatic N) is 1. The fourth-order valence-electron chi connectivity index (χ4n) is 4.48. The summed E-state index contributed by atoms with van der Waals surface area (Å²) < 4.78 is 5.43. The summed E-state index contributed by atoms with van der Waals surface area (Å²) >= 11 is 8.40. The van der Waals surface area contributed by atoms with Gasteiger partial charge in [-0.15, -0.1) is 23.7 Å². The summed E-state index contributed by atoms with van der Waals surface area (Å²) in [5.74, 6) is 5.14. The van der Waals surface area contributed by atoms with Gasteiger partial charge in [-0.05, 0) is 62.3 Å². The van der Waals surface area contributed by atoms with Crippen LogP contribution in [0.3, 0.4) is 0 Å². The quantitative estimate of drug-likeness (QED) is 0.315. The first-order chi connectivity index (χ1) is 15.4. The summed E-state index contributed by atoms with van der Waals surface area (Å²) in [5, 5.41) is 1.78. The number of ether oxygens (including phenoxy) is 1. The predicted octanol–water partition coefficient (Wildman–Crippen LogP) is 8.09. The number of terminal acetylenes is 1. The van der Waals surface area contributed by atoms with Crippen LogP contribution in [0.25, 0.3) is 11.3 Å². The Morgan fingerprint density at radius 3 is 2.50 bits per heavy atom. The maximum atomic E-state index is 6.64. The van der Waals surface area contributed by atoms with Gasteiger partial charge in [0.05, 0.1) is 22.8 Å². The Hall–Kier alpha value is -2.28. The van der Waals surface area contributed by atoms with Crippen LogP contribution in [-0.4, -0.2) is 12.1 Å². The highest BCUT2D eigenvalue weighted by molar-refractivity contribution is 7.12. The van der Waals surface area contributed by atoms with Crippen LogP contribution in [0.2, 0.25) is 5.02 Å². The molecule has 1 unspecified atom stereocenters. The Morgan fingerprint density at radius 2 is 1.88 bits per heavy atom. The fourth-order valence-corrected chi connectivity index (χ4v) is 5.82. The smallest absolute Gasteiger partial charge is 0.123 e. The minimum absolute atomic E-state index is 0.207. The average molecular weight is 464 g/mol. The molecule has 2 nitrogen and oxygen atoms in total. The fraction of sp³-hybridized carbons (Fsp3) is 0.393. The van der Waals surface area contributed by atoms with Crippen LogP contribution in [0.15, 0.2) is 36.4 Å². The second-order valence-electron chi connectivity index (χ2n) is 8.97. The summed E-state index contributed by atoms with van der Waals surface area (Å²) in [6.07, 6.45) is 10.4. The van der Waals surface area contributed by atoms with Gasteiger partial charge in [0.2, 0.25) is 0 Å². The number of aryl methyl sites for hydroxylation is 3. The van der Waals surface area contributed by atoms with Crippen molar-refractivity contribution in [1.82, 2.24) is 4.98 Å². The van der Waals surface area contributed by atoms with Gasteiger partial charge in [0, 0.05) is 22.8 Å². The molecule has 2 atom stereocenters. The zero-order chi connectivity index (χ0) is 22.8. The molecule has 0 bridgehead atoms. The van der Waals surface area contributed by atoms with Crippen LogP contribution >= 0.6 is 22.9 Å². The number of methoxy groups -OCH3 is 1. The molecule has 4 heteroatoms. The van der Waals surface area contributed by atoms with Crippen molar-refractivity contribution in [2.45, 2.75) is 58.3 Å². The molecule has 32 heavy (non-hydrogen) atoms. The molecule has 0 N–H and O–H groups in total. The van der Waals surface area contributed by atoms with E-state index in [2.05, 4.69) is 50.1 Å². The number of thiazole rings is 1. The van der Waals surface area contributed by atoms with Crippen molar-refractivity contribution in [3.05, 3.63) is 68.0 Å². The number of rotatable bonds is 8. The molecule has 3 aromatic rings. The van der Waals surface area contributed by atoms with Crippen LogP contribution in [0.1, 0.15) is 64.1 Å². The van der Waals surface area contributed by atoms with E-state index in [1.54, 1.807) is 18.4 Å². The highest BCUT2D eigenvalue weighted by Gasteiger charge is 2.33. The molecule has 0 saturated heterocycles. The monoisotopic (exact) mass is 463 g/mol. The summed E-state index contributed by atoms with van der Waals surface area (Å²) in [7, 11) is 1.67. The van der Waals surface area contributed by atoms with E-state index in [0.29, 0.717) is 17.4 Å². The van der Waals surface area contributed by atoms with E-state index in [-0.39, 0.29) is 5.92 Å². The Balaban J connectivity index is 1.75. The Bertz CT molecular complexity index is 1140. The van der Waals surface area contributed by atoms with E-state index in [9.17, 15) is 0 Å². The molecule has 0 radical (unpaired) electrons. The molecule has 4 rings (SSSR count). The average Bonchev–Trinajstić information content (AvgIpc) is 3.52. The molecule has 1 aliphatic rings. The standard InChI is InChI=1S/C28H30ClNOS/c1-6-7-22(23(15-20-10-11-20)21-12-8-17(2)9-13-21)28-30-27(19(4)32-28)24-14-18(3)26(31-5)16-25(24)29/h1,8-9,12-14,16,20,22-23H,7,10-11,15H2,2-5H3/t22?,23-/m0/s1. The van der Waals surface area contributed by atoms with Crippen LogP contribution < -0.4 is 4.74 Å². The zero-order valence-electron chi connectivity index (χ0n) is 19.2. The van der Waals surface area contributed by atoms with Gasteiger partial charge in [-0.25, -0.2) is 4.98 Å². The van der Waals surface area contributed by atoms with Crippen molar-refractivity contribution < 1.29 is 4.74 Å². The summed E-state index contributed by atoms with van der Waals surface area (Å²) in [5.41, 5.74) is 5.61. The van der Waals surface area contributed by atoms with Gasteiger partial charge in [0.1, 0.15) is 5.75 Å². The van der Waals surface area contributed by atoms with Crippen molar-refractivity contribution in [2.75, 3.05) is 7.11 Å². The third-order valence-corrected chi connectivity index (χ3v) is 7.90. The highest BCUT2D eigenvalue weighted by Crippen LogP contribution is 2.48. The molecule has 166 valence electrons. The molecule has 1 fully saturated rings.